The van der Waals surface area contributed by atoms with Crippen LogP contribution in [0.1, 0.15) is 15.9 Å². The first-order valence-electron chi connectivity index (χ1n) is 8.55. The first kappa shape index (κ1) is 19.5. The quantitative estimate of drug-likeness (QED) is 0.565. The molecule has 0 atom stereocenters. The van der Waals surface area contributed by atoms with Crippen molar-refractivity contribution in [3.63, 3.8) is 0 Å². The van der Waals surface area contributed by atoms with Gasteiger partial charge in [0.15, 0.2) is 5.78 Å². The molecule has 0 bridgehead atoms. The van der Waals surface area contributed by atoms with Crippen LogP contribution in [-0.4, -0.2) is 37.0 Å². The Labute approximate surface area is 154 Å². The molecule has 0 aliphatic rings. The number of carbonyl (C=O) groups is 1. The van der Waals surface area contributed by atoms with E-state index in [1.807, 2.05) is 50.5 Å². The normalized spacial score (nSPS) is 11.5. The van der Waals surface area contributed by atoms with E-state index in [0.717, 1.165) is 17.0 Å². The molecule has 25 heavy (non-hydrogen) atoms. The highest BCUT2D eigenvalue weighted by Gasteiger charge is 2.20. The maximum atomic E-state index is 13.1. The number of ketones is 1. The van der Waals surface area contributed by atoms with Crippen molar-refractivity contribution in [3.05, 3.63) is 53.6 Å². The number of carbonyl (C=O) groups excluding carboxylic acids is 1. The van der Waals surface area contributed by atoms with E-state index in [0.29, 0.717) is 5.56 Å². The number of para-hydroxylation sites is 1. The fourth-order valence-electron chi connectivity index (χ4n) is 2.80. The minimum Gasteiger partial charge on any atom is -0.544 e. The van der Waals surface area contributed by atoms with E-state index in [1.54, 1.807) is 0 Å². The molecule has 133 valence electrons. The smallest absolute Gasteiger partial charge is 0.242 e. The molecule has 0 amide bonds. The molecule has 0 aliphatic heterocycles. The van der Waals surface area contributed by atoms with Gasteiger partial charge >= 0.3 is 0 Å². The second-order valence-corrected chi connectivity index (χ2v) is 14.6. The molecule has 0 aromatic heterocycles. The maximum absolute atomic E-state index is 13.1. The van der Waals surface area contributed by atoms with Crippen molar-refractivity contribution in [2.75, 3.05) is 19.0 Å². The Morgan fingerprint density at radius 3 is 2.08 bits per heavy atom. The van der Waals surface area contributed by atoms with E-state index in [9.17, 15) is 4.79 Å². The van der Waals surface area contributed by atoms with Crippen molar-refractivity contribution in [2.24, 2.45) is 0 Å². The summed E-state index contributed by atoms with van der Waals surface area (Å²) in [7, 11) is 1.71. The molecule has 2 rings (SSSR count). The average Bonchev–Trinajstić information content (AvgIpc) is 2.52. The van der Waals surface area contributed by atoms with Gasteiger partial charge in [0.1, 0.15) is 5.75 Å². The molecule has 2 aromatic rings. The highest BCUT2D eigenvalue weighted by molar-refractivity contribution is 6.72. The summed E-state index contributed by atoms with van der Waals surface area (Å²) in [5, 5.41) is 1.29. The second-order valence-electron chi connectivity index (χ2n) is 7.66. The van der Waals surface area contributed by atoms with Crippen LogP contribution < -0.4 is 14.5 Å². The Morgan fingerprint density at radius 2 is 1.60 bits per heavy atom. The van der Waals surface area contributed by atoms with E-state index in [1.165, 1.54) is 5.19 Å². The van der Waals surface area contributed by atoms with Crippen LogP contribution in [0.25, 0.3) is 0 Å². The van der Waals surface area contributed by atoms with Gasteiger partial charge in [0.2, 0.25) is 8.32 Å². The number of hydrogen-bond acceptors (Lipinski definition) is 3. The number of nitrogens with zero attached hydrogens (tertiary/aromatic N) is 1. The Balaban J connectivity index is 2.39. The van der Waals surface area contributed by atoms with Crippen LogP contribution in [0.5, 0.6) is 5.75 Å². The van der Waals surface area contributed by atoms with E-state index in [2.05, 4.69) is 43.7 Å². The van der Waals surface area contributed by atoms with E-state index < -0.39 is 17.1 Å². The minimum atomic E-state index is -1.64. The summed E-state index contributed by atoms with van der Waals surface area (Å²) in [5.74, 6) is 0.901. The van der Waals surface area contributed by atoms with Gasteiger partial charge in [-0.25, -0.2) is 0 Å². The van der Waals surface area contributed by atoms with Crippen molar-refractivity contribution < 1.29 is 9.22 Å². The largest absolute Gasteiger partial charge is 0.544 e. The molecule has 0 saturated heterocycles. The molecular weight excluding hydrogens is 342 g/mol. The highest BCUT2D eigenvalue weighted by atomic mass is 28.4. The Morgan fingerprint density at radius 1 is 1.00 bits per heavy atom. The van der Waals surface area contributed by atoms with Crippen molar-refractivity contribution in [2.45, 2.75) is 32.7 Å². The highest BCUT2D eigenvalue weighted by Crippen LogP contribution is 2.23. The van der Waals surface area contributed by atoms with E-state index in [-0.39, 0.29) is 5.78 Å². The molecule has 0 N–H and O–H groups in total. The van der Waals surface area contributed by atoms with Crippen LogP contribution in [0.4, 0.5) is 5.69 Å². The van der Waals surface area contributed by atoms with Gasteiger partial charge in [0.25, 0.3) is 0 Å². The fraction of sp³-hybridized carbons (Fsp3) is 0.350. The maximum Gasteiger partial charge on any atom is 0.242 e. The van der Waals surface area contributed by atoms with Crippen LogP contribution >= 0.6 is 0 Å². The molecular formula is C20H28NO2Si2. The zero-order chi connectivity index (χ0) is 18.8. The molecule has 3 nitrogen and oxygen atoms in total. The summed E-state index contributed by atoms with van der Waals surface area (Å²) in [4.78, 5) is 15.2. The van der Waals surface area contributed by atoms with Crippen LogP contribution in [0, 0.1) is 0 Å². The summed E-state index contributed by atoms with van der Waals surface area (Å²) < 4.78 is 5.98. The molecule has 5 heteroatoms. The number of anilines is 1. The van der Waals surface area contributed by atoms with Crippen LogP contribution in [0.3, 0.4) is 0 Å². The van der Waals surface area contributed by atoms with Gasteiger partial charge < -0.3 is 9.33 Å². The molecule has 0 unspecified atom stereocenters. The van der Waals surface area contributed by atoms with E-state index in [4.69, 9.17) is 4.43 Å². The van der Waals surface area contributed by atoms with Crippen LogP contribution in [0.15, 0.2) is 42.5 Å². The first-order chi connectivity index (χ1) is 11.6. The lowest BCUT2D eigenvalue weighted by Gasteiger charge is -2.23. The first-order valence-corrected chi connectivity index (χ1v) is 14.5. The summed E-state index contributed by atoms with van der Waals surface area (Å²) >= 11 is 0. The Bertz CT molecular complexity index is 747. The summed E-state index contributed by atoms with van der Waals surface area (Å²) in [5.41, 5.74) is 2.52. The van der Waals surface area contributed by atoms with Gasteiger partial charge in [-0.1, -0.05) is 25.2 Å². The van der Waals surface area contributed by atoms with Gasteiger partial charge in [-0.3, -0.25) is 4.79 Å². The SMILES string of the molecule is CN(C)c1c(C(=O)c2ccc(O[Si](C)(C)C)cc2)cccc1[Si](C)C. The predicted molar refractivity (Wildman–Crippen MR) is 112 cm³/mol. The van der Waals surface area contributed by atoms with Gasteiger partial charge in [0, 0.05) is 30.9 Å². The molecule has 0 spiro atoms. The zero-order valence-corrected chi connectivity index (χ0v) is 18.3. The lowest BCUT2D eigenvalue weighted by Crippen LogP contribution is -2.31. The Kier molecular flexibility index (Phi) is 5.90. The lowest BCUT2D eigenvalue weighted by atomic mass is 10.0. The third-order valence-corrected chi connectivity index (χ3v) is 6.14. The summed E-state index contributed by atoms with van der Waals surface area (Å²) in [6.45, 7) is 11.0. The second kappa shape index (κ2) is 7.58. The third kappa shape index (κ3) is 4.83. The molecule has 0 fully saturated rings. The zero-order valence-electron chi connectivity index (χ0n) is 16.3. The standard InChI is InChI=1S/C20H28NO2Si2/c1-21(2)19-17(9-8-10-18(19)24(3)4)20(22)15-11-13-16(14-12-15)23-25(5,6)7/h8-14H,1-7H3. The van der Waals surface area contributed by atoms with Gasteiger partial charge in [0.05, 0.1) is 8.80 Å². The van der Waals surface area contributed by atoms with Crippen LogP contribution in [-0.2, 0) is 0 Å². The third-order valence-electron chi connectivity index (χ3n) is 3.81. The number of benzene rings is 2. The van der Waals surface area contributed by atoms with Gasteiger partial charge in [-0.15, -0.1) is 0 Å². The molecule has 2 aromatic carbocycles. The van der Waals surface area contributed by atoms with Crippen molar-refractivity contribution in [3.8, 4) is 5.75 Å². The molecule has 1 radical (unpaired) electrons. The predicted octanol–water partition coefficient (Wildman–Crippen LogP) is 4.16. The average molecular weight is 371 g/mol. The minimum absolute atomic E-state index is 0.0633. The van der Waals surface area contributed by atoms with E-state index >= 15 is 0 Å². The Hall–Kier alpha value is -1.86. The molecule has 0 heterocycles. The number of rotatable bonds is 6. The summed E-state index contributed by atoms with van der Waals surface area (Å²) in [6, 6.07) is 13.6. The van der Waals surface area contributed by atoms with Crippen molar-refractivity contribution >= 4 is 33.8 Å². The molecule has 0 aliphatic carbocycles. The topological polar surface area (TPSA) is 29.5 Å². The number of hydrogen-bond donors (Lipinski definition) is 0. The fourth-order valence-corrected chi connectivity index (χ4v) is 4.90. The van der Waals surface area contributed by atoms with Crippen LogP contribution in [0.2, 0.25) is 32.7 Å². The lowest BCUT2D eigenvalue weighted by molar-refractivity contribution is 0.103. The van der Waals surface area contributed by atoms with Gasteiger partial charge in [-0.05, 0) is 55.2 Å². The van der Waals surface area contributed by atoms with Crippen molar-refractivity contribution in [1.29, 1.82) is 0 Å². The van der Waals surface area contributed by atoms with Crippen molar-refractivity contribution in [1.82, 2.24) is 0 Å². The summed E-state index contributed by atoms with van der Waals surface area (Å²) in [6.07, 6.45) is 0. The van der Waals surface area contributed by atoms with Gasteiger partial charge in [-0.2, -0.15) is 0 Å². The molecule has 0 saturated carbocycles. The monoisotopic (exact) mass is 370 g/mol.